The van der Waals surface area contributed by atoms with E-state index in [0.717, 1.165) is 0 Å². The Morgan fingerprint density at radius 1 is 0.466 bits per heavy atom. The predicted molar refractivity (Wildman–Crippen MR) is 241 cm³/mol. The minimum atomic E-state index is -0.541. The van der Waals surface area contributed by atoms with Crippen LogP contribution in [0.3, 0.4) is 0 Å². The number of allylic oxidation sites excluding steroid dienone is 3. The predicted octanol–water partition coefficient (Wildman–Crippen LogP) is 13.9. The molecule has 2 aliphatic heterocycles. The van der Waals surface area contributed by atoms with Crippen molar-refractivity contribution in [1.82, 2.24) is 0 Å². The first-order valence-electron chi connectivity index (χ1n) is 21.3. The van der Waals surface area contributed by atoms with Crippen molar-refractivity contribution in [3.05, 3.63) is 207 Å². The van der Waals surface area contributed by atoms with Crippen LogP contribution < -0.4 is 9.80 Å². The zero-order chi connectivity index (χ0) is 39.7. The normalized spacial score (nSPS) is 27.2. The quantitative estimate of drug-likeness (QED) is 0.163. The van der Waals surface area contributed by atoms with Gasteiger partial charge in [-0.1, -0.05) is 150 Å². The van der Waals surface area contributed by atoms with E-state index in [0.29, 0.717) is 0 Å². The van der Waals surface area contributed by atoms with Crippen LogP contribution >= 0.6 is 0 Å². The number of nitrogens with zero attached hydrogens (tertiary/aromatic N) is 2. The van der Waals surface area contributed by atoms with Crippen LogP contribution in [-0.4, -0.2) is 5.54 Å². The Balaban J connectivity index is 1.27. The summed E-state index contributed by atoms with van der Waals surface area (Å²) in [6, 6.07) is 55.4. The van der Waals surface area contributed by atoms with E-state index in [1.807, 2.05) is 0 Å². The van der Waals surface area contributed by atoms with Crippen LogP contribution in [0, 0.1) is 5.92 Å². The number of hydrogen-bond acceptors (Lipinski definition) is 2. The average molecular weight is 751 g/mol. The molecule has 2 heteroatoms. The van der Waals surface area contributed by atoms with Gasteiger partial charge in [0.25, 0.3) is 0 Å². The van der Waals surface area contributed by atoms with E-state index in [9.17, 15) is 0 Å². The second kappa shape index (κ2) is 10.8. The fourth-order valence-electron chi connectivity index (χ4n) is 13.7. The van der Waals surface area contributed by atoms with Gasteiger partial charge in [0, 0.05) is 44.8 Å². The van der Waals surface area contributed by atoms with Gasteiger partial charge in [-0.25, -0.2) is 0 Å². The highest BCUT2D eigenvalue weighted by molar-refractivity contribution is 6.03. The Labute approximate surface area is 343 Å². The van der Waals surface area contributed by atoms with Crippen molar-refractivity contribution < 1.29 is 0 Å². The van der Waals surface area contributed by atoms with Crippen molar-refractivity contribution in [2.75, 3.05) is 9.80 Å². The topological polar surface area (TPSA) is 6.48 Å². The first kappa shape index (κ1) is 34.2. The van der Waals surface area contributed by atoms with Gasteiger partial charge in [0.2, 0.25) is 0 Å². The number of hydrogen-bond donors (Lipinski definition) is 0. The van der Waals surface area contributed by atoms with Gasteiger partial charge in [0.05, 0.1) is 22.3 Å². The summed E-state index contributed by atoms with van der Waals surface area (Å²) in [5.41, 5.74) is 22.1. The van der Waals surface area contributed by atoms with Crippen LogP contribution in [0.5, 0.6) is 0 Å². The maximum Gasteiger partial charge on any atom is 0.0908 e. The summed E-state index contributed by atoms with van der Waals surface area (Å²) in [7, 11) is 0. The highest BCUT2D eigenvalue weighted by atomic mass is 15.2. The molecule has 0 spiro atoms. The molecular weight excluding hydrogens is 701 g/mol. The van der Waals surface area contributed by atoms with Gasteiger partial charge in [-0.15, -0.1) is 0 Å². The summed E-state index contributed by atoms with van der Waals surface area (Å²) < 4.78 is 0. The fraction of sp³-hybridized carbons (Fsp3) is 0.250. The molecule has 6 aromatic rings. The van der Waals surface area contributed by atoms with Crippen molar-refractivity contribution in [2.45, 2.75) is 82.6 Å². The lowest BCUT2D eigenvalue weighted by atomic mass is 9.48. The molecule has 12 rings (SSSR count). The Bertz CT molecular complexity index is 2920. The Hall–Kier alpha value is -5.86. The smallest absolute Gasteiger partial charge is 0.0908 e. The second-order valence-corrected chi connectivity index (χ2v) is 19.3. The van der Waals surface area contributed by atoms with E-state index >= 15 is 0 Å². The molecule has 2 nitrogen and oxygen atoms in total. The van der Waals surface area contributed by atoms with Gasteiger partial charge in [0.15, 0.2) is 0 Å². The minimum absolute atomic E-state index is 0.116. The van der Waals surface area contributed by atoms with Crippen LogP contribution in [0.4, 0.5) is 22.7 Å². The van der Waals surface area contributed by atoms with Crippen molar-refractivity contribution in [2.24, 2.45) is 5.92 Å². The molecule has 0 saturated carbocycles. The molecule has 284 valence electrons. The summed E-state index contributed by atoms with van der Waals surface area (Å²) in [6.07, 6.45) is 2.70. The first-order valence-corrected chi connectivity index (χ1v) is 21.3. The van der Waals surface area contributed by atoms with Crippen LogP contribution in [0.15, 0.2) is 174 Å². The highest BCUT2D eigenvalue weighted by Crippen LogP contribution is 2.73. The zero-order valence-corrected chi connectivity index (χ0v) is 34.9. The van der Waals surface area contributed by atoms with E-state index < -0.39 is 11.0 Å². The average Bonchev–Trinajstić information content (AvgIpc) is 3.74. The monoisotopic (exact) mass is 750 g/mol. The second-order valence-electron chi connectivity index (χ2n) is 19.3. The lowest BCUT2D eigenvalue weighted by molar-refractivity contribution is 0.417. The molecule has 6 aromatic carbocycles. The van der Waals surface area contributed by atoms with E-state index in [1.54, 1.807) is 11.1 Å². The lowest BCUT2D eigenvalue weighted by Gasteiger charge is -2.63. The fourth-order valence-corrected chi connectivity index (χ4v) is 13.7. The molecule has 0 N–H and O–H groups in total. The van der Waals surface area contributed by atoms with E-state index in [2.05, 4.69) is 217 Å². The molecule has 58 heavy (non-hydrogen) atoms. The maximum absolute atomic E-state index is 2.83. The molecular formula is C56H50N2. The molecule has 0 fully saturated rings. The third-order valence-corrected chi connectivity index (χ3v) is 15.8. The molecule has 0 radical (unpaired) electrons. The third kappa shape index (κ3) is 3.69. The zero-order valence-electron chi connectivity index (χ0n) is 34.9. The number of fused-ring (bicyclic) bond motifs is 12. The third-order valence-electron chi connectivity index (χ3n) is 15.8. The SMILES string of the molecule is CC1C2=C(c3ccccc3C2(C)C)C2(C)C3=C1C1(C)C(=CC3(C)c3ccccc3N2c2cccc3c2-c2ccccc2C3(C)C)N(c2ccccc2)c2ccccc21. The van der Waals surface area contributed by atoms with Gasteiger partial charge < -0.3 is 9.80 Å². The molecule has 6 aliphatic rings. The van der Waals surface area contributed by atoms with Crippen LogP contribution in [0.25, 0.3) is 16.7 Å². The Morgan fingerprint density at radius 3 is 1.74 bits per heavy atom. The molecule has 4 atom stereocenters. The summed E-state index contributed by atoms with van der Waals surface area (Å²) in [5, 5.41) is 0. The summed E-state index contributed by atoms with van der Waals surface area (Å²) >= 11 is 0. The lowest BCUT2D eigenvalue weighted by Crippen LogP contribution is -2.60. The van der Waals surface area contributed by atoms with Crippen LogP contribution in [-0.2, 0) is 21.7 Å². The molecule has 0 amide bonds. The van der Waals surface area contributed by atoms with Crippen LogP contribution in [0.2, 0.25) is 0 Å². The van der Waals surface area contributed by atoms with Gasteiger partial charge >= 0.3 is 0 Å². The standard InChI is InChI=1S/C56H50N2/c1-34-48-50(37-24-13-15-26-39(37)53(48,4)5)56(8)51-49(34)55(7)41-28-17-18-30-43(41)57(35-21-10-9-11-22-35)46(55)33-54(51,6)40-27-16-19-31-44(40)58(56)45-32-20-29-42-47(45)36-23-12-14-25-38(36)52(42,2)3/h9-34H,1-8H3. The van der Waals surface area contributed by atoms with Crippen LogP contribution in [0.1, 0.15) is 88.8 Å². The number of rotatable bonds is 2. The summed E-state index contributed by atoms with van der Waals surface area (Å²) in [5.74, 6) is 0.186. The number of para-hydroxylation sites is 3. The largest absolute Gasteiger partial charge is 0.327 e. The molecule has 2 heterocycles. The van der Waals surface area contributed by atoms with E-state index in [4.69, 9.17) is 0 Å². The number of benzene rings is 6. The maximum atomic E-state index is 2.83. The van der Waals surface area contributed by atoms with Gasteiger partial charge in [-0.3, -0.25) is 0 Å². The van der Waals surface area contributed by atoms with E-state index in [1.165, 1.54) is 84.1 Å². The van der Waals surface area contributed by atoms with Crippen molar-refractivity contribution in [3.63, 3.8) is 0 Å². The van der Waals surface area contributed by atoms with Gasteiger partial charge in [-0.2, -0.15) is 0 Å². The van der Waals surface area contributed by atoms with Crippen molar-refractivity contribution in [3.8, 4) is 11.1 Å². The minimum Gasteiger partial charge on any atom is -0.327 e. The molecule has 0 saturated heterocycles. The molecule has 4 aliphatic carbocycles. The molecule has 0 aromatic heterocycles. The van der Waals surface area contributed by atoms with Crippen molar-refractivity contribution in [1.29, 1.82) is 0 Å². The Kier molecular flexibility index (Phi) is 6.37. The summed E-state index contributed by atoms with van der Waals surface area (Å²) in [4.78, 5) is 5.42. The van der Waals surface area contributed by atoms with Gasteiger partial charge in [0.1, 0.15) is 0 Å². The molecule has 0 bridgehead atoms. The van der Waals surface area contributed by atoms with E-state index in [-0.39, 0.29) is 22.2 Å². The number of anilines is 4. The van der Waals surface area contributed by atoms with Crippen molar-refractivity contribution >= 4 is 28.3 Å². The highest BCUT2D eigenvalue weighted by Gasteiger charge is 2.66. The van der Waals surface area contributed by atoms with Gasteiger partial charge in [-0.05, 0) is 118 Å². The molecule has 4 unspecified atom stereocenters. The Morgan fingerprint density at radius 2 is 1.02 bits per heavy atom. The summed E-state index contributed by atoms with van der Waals surface area (Å²) in [6.45, 7) is 20.1. The first-order chi connectivity index (χ1) is 27.9.